The Kier molecular flexibility index (Phi) is 6.51. The maximum atomic E-state index is 12.8. The minimum Gasteiger partial charge on any atom is -0.439 e. The van der Waals surface area contributed by atoms with Crippen LogP contribution in [-0.2, 0) is 4.79 Å². The van der Waals surface area contributed by atoms with Gasteiger partial charge in [-0.25, -0.2) is 4.98 Å². The third kappa shape index (κ3) is 5.31. The fourth-order valence-electron chi connectivity index (χ4n) is 2.22. The summed E-state index contributed by atoms with van der Waals surface area (Å²) < 4.78 is 5.67. The number of ether oxygens (including phenoxy) is 1. The fraction of sp³-hybridized carbons (Fsp3) is 0.316. The van der Waals surface area contributed by atoms with Crippen LogP contribution in [0.4, 0.5) is 0 Å². The molecule has 2 amide bonds. The number of likely N-dealkylation sites (N-methyl/N-ethyl adjacent to an activating group) is 1. The van der Waals surface area contributed by atoms with Gasteiger partial charge in [0.15, 0.2) is 0 Å². The quantitative estimate of drug-likeness (QED) is 0.777. The number of carbonyl (C=O) groups excluding carboxylic acids is 2. The highest BCUT2D eigenvalue weighted by Crippen LogP contribution is 2.20. The Morgan fingerprint density at radius 1 is 1.12 bits per heavy atom. The molecule has 0 saturated carbocycles. The van der Waals surface area contributed by atoms with Gasteiger partial charge >= 0.3 is 0 Å². The third-order valence-electron chi connectivity index (χ3n) is 3.55. The van der Waals surface area contributed by atoms with Gasteiger partial charge in [-0.15, -0.1) is 0 Å². The van der Waals surface area contributed by atoms with E-state index in [1.807, 2.05) is 37.3 Å². The smallest absolute Gasteiger partial charge is 0.254 e. The van der Waals surface area contributed by atoms with Gasteiger partial charge in [-0.2, -0.15) is 0 Å². The zero-order valence-corrected chi connectivity index (χ0v) is 14.8. The lowest BCUT2D eigenvalue weighted by Gasteiger charge is -2.23. The number of hydrogen-bond acceptors (Lipinski definition) is 4. The first-order valence-corrected chi connectivity index (χ1v) is 8.19. The van der Waals surface area contributed by atoms with Crippen molar-refractivity contribution in [2.24, 2.45) is 0 Å². The van der Waals surface area contributed by atoms with Crippen LogP contribution >= 0.6 is 0 Å². The van der Waals surface area contributed by atoms with Crippen LogP contribution in [0.15, 0.2) is 48.7 Å². The fourth-order valence-corrected chi connectivity index (χ4v) is 2.22. The van der Waals surface area contributed by atoms with Gasteiger partial charge in [-0.1, -0.05) is 25.1 Å². The standard InChI is InChI=1S/C19H23N3O3/c1-4-12-22(14-18(23)21(2)3)19(24)15-10-11-20-17(13-15)25-16-8-6-5-7-9-16/h5-11,13H,4,12,14H2,1-3H3. The monoisotopic (exact) mass is 341 g/mol. The van der Waals surface area contributed by atoms with E-state index in [0.717, 1.165) is 6.42 Å². The first-order valence-electron chi connectivity index (χ1n) is 8.19. The predicted molar refractivity (Wildman–Crippen MR) is 95.6 cm³/mol. The molecule has 0 radical (unpaired) electrons. The number of aromatic nitrogens is 1. The summed E-state index contributed by atoms with van der Waals surface area (Å²) in [4.78, 5) is 31.9. The Labute approximate surface area is 148 Å². The van der Waals surface area contributed by atoms with Crippen molar-refractivity contribution < 1.29 is 14.3 Å². The van der Waals surface area contributed by atoms with Crippen molar-refractivity contribution in [1.29, 1.82) is 0 Å². The highest BCUT2D eigenvalue weighted by molar-refractivity contribution is 5.96. The molecule has 132 valence electrons. The number of nitrogens with zero attached hydrogens (tertiary/aromatic N) is 3. The van der Waals surface area contributed by atoms with Gasteiger partial charge < -0.3 is 14.5 Å². The van der Waals surface area contributed by atoms with Gasteiger partial charge in [0.1, 0.15) is 12.3 Å². The van der Waals surface area contributed by atoms with Gasteiger partial charge in [0.05, 0.1) is 0 Å². The van der Waals surface area contributed by atoms with Crippen LogP contribution in [0, 0.1) is 0 Å². The van der Waals surface area contributed by atoms with Crippen molar-refractivity contribution in [3.05, 3.63) is 54.2 Å². The molecule has 0 atom stereocenters. The zero-order valence-electron chi connectivity index (χ0n) is 14.8. The molecule has 2 aromatic rings. The lowest BCUT2D eigenvalue weighted by atomic mass is 10.2. The molecule has 6 heteroatoms. The molecule has 0 saturated heterocycles. The van der Waals surface area contributed by atoms with Crippen molar-refractivity contribution >= 4 is 11.8 Å². The molecule has 0 N–H and O–H groups in total. The predicted octanol–water partition coefficient (Wildman–Crippen LogP) is 2.81. The molecular weight excluding hydrogens is 318 g/mol. The van der Waals surface area contributed by atoms with Crippen molar-refractivity contribution in [2.45, 2.75) is 13.3 Å². The molecule has 0 aliphatic rings. The van der Waals surface area contributed by atoms with Gasteiger partial charge in [0, 0.05) is 38.5 Å². The Morgan fingerprint density at radius 2 is 1.84 bits per heavy atom. The molecule has 0 spiro atoms. The Balaban J connectivity index is 2.16. The topological polar surface area (TPSA) is 62.7 Å². The minimum atomic E-state index is -0.211. The van der Waals surface area contributed by atoms with E-state index in [-0.39, 0.29) is 18.4 Å². The van der Waals surface area contributed by atoms with E-state index in [1.54, 1.807) is 31.1 Å². The molecule has 25 heavy (non-hydrogen) atoms. The lowest BCUT2D eigenvalue weighted by molar-refractivity contribution is -0.129. The SMILES string of the molecule is CCCN(CC(=O)N(C)C)C(=O)c1ccnc(Oc2ccccc2)c1. The maximum Gasteiger partial charge on any atom is 0.254 e. The van der Waals surface area contributed by atoms with E-state index in [4.69, 9.17) is 4.74 Å². The first kappa shape index (κ1) is 18.4. The highest BCUT2D eigenvalue weighted by Gasteiger charge is 2.19. The Hall–Kier alpha value is -2.89. The minimum absolute atomic E-state index is 0.0525. The summed E-state index contributed by atoms with van der Waals surface area (Å²) in [5.74, 6) is 0.661. The van der Waals surface area contributed by atoms with Crippen LogP contribution < -0.4 is 4.74 Å². The van der Waals surface area contributed by atoms with Crippen LogP contribution in [0.2, 0.25) is 0 Å². The molecule has 1 aromatic heterocycles. The van der Waals surface area contributed by atoms with E-state index in [0.29, 0.717) is 23.7 Å². The van der Waals surface area contributed by atoms with Crippen molar-refractivity contribution in [3.63, 3.8) is 0 Å². The van der Waals surface area contributed by atoms with Crippen LogP contribution in [0.3, 0.4) is 0 Å². The number of carbonyl (C=O) groups is 2. The lowest BCUT2D eigenvalue weighted by Crippen LogP contribution is -2.40. The molecule has 0 bridgehead atoms. The number of amides is 2. The van der Waals surface area contributed by atoms with E-state index < -0.39 is 0 Å². The van der Waals surface area contributed by atoms with E-state index >= 15 is 0 Å². The van der Waals surface area contributed by atoms with Gasteiger partial charge in [-0.3, -0.25) is 9.59 Å². The molecule has 0 unspecified atom stereocenters. The summed E-state index contributed by atoms with van der Waals surface area (Å²) in [7, 11) is 3.35. The molecule has 2 rings (SSSR count). The number of hydrogen-bond donors (Lipinski definition) is 0. The maximum absolute atomic E-state index is 12.8. The van der Waals surface area contributed by atoms with Gasteiger partial charge in [-0.05, 0) is 24.6 Å². The van der Waals surface area contributed by atoms with Gasteiger partial charge in [0.2, 0.25) is 11.8 Å². The summed E-state index contributed by atoms with van der Waals surface area (Å²) >= 11 is 0. The molecule has 0 aliphatic heterocycles. The average Bonchev–Trinajstić information content (AvgIpc) is 2.61. The molecule has 6 nitrogen and oxygen atoms in total. The zero-order chi connectivity index (χ0) is 18.2. The molecule has 1 aromatic carbocycles. The first-order chi connectivity index (χ1) is 12.0. The number of rotatable bonds is 7. The Bertz CT molecular complexity index is 717. The molecule has 1 heterocycles. The second-order valence-corrected chi connectivity index (χ2v) is 5.81. The summed E-state index contributed by atoms with van der Waals surface area (Å²) in [5, 5.41) is 0. The molecule has 0 aliphatic carbocycles. The van der Waals surface area contributed by atoms with Crippen molar-refractivity contribution in [2.75, 3.05) is 27.2 Å². The summed E-state index contributed by atoms with van der Waals surface area (Å²) in [6, 6.07) is 12.5. The number of pyridine rings is 1. The van der Waals surface area contributed by atoms with Crippen LogP contribution in [0.25, 0.3) is 0 Å². The Morgan fingerprint density at radius 3 is 2.48 bits per heavy atom. The van der Waals surface area contributed by atoms with Crippen LogP contribution in [-0.4, -0.2) is 53.8 Å². The summed E-state index contributed by atoms with van der Waals surface area (Å²) in [6.07, 6.45) is 2.30. The molecule has 0 fully saturated rings. The van der Waals surface area contributed by atoms with Crippen molar-refractivity contribution in [3.8, 4) is 11.6 Å². The summed E-state index contributed by atoms with van der Waals surface area (Å²) in [6.45, 7) is 2.53. The normalized spacial score (nSPS) is 10.2. The third-order valence-corrected chi connectivity index (χ3v) is 3.55. The molecular formula is C19H23N3O3. The van der Waals surface area contributed by atoms with Crippen LogP contribution in [0.5, 0.6) is 11.6 Å². The van der Waals surface area contributed by atoms with Crippen LogP contribution in [0.1, 0.15) is 23.7 Å². The largest absolute Gasteiger partial charge is 0.439 e. The second-order valence-electron chi connectivity index (χ2n) is 5.81. The van der Waals surface area contributed by atoms with Gasteiger partial charge in [0.25, 0.3) is 5.91 Å². The average molecular weight is 341 g/mol. The number of para-hydroxylation sites is 1. The van der Waals surface area contributed by atoms with E-state index in [2.05, 4.69) is 4.98 Å². The van der Waals surface area contributed by atoms with Crippen molar-refractivity contribution in [1.82, 2.24) is 14.8 Å². The van der Waals surface area contributed by atoms with E-state index in [9.17, 15) is 9.59 Å². The highest BCUT2D eigenvalue weighted by atomic mass is 16.5. The number of benzene rings is 1. The summed E-state index contributed by atoms with van der Waals surface area (Å²) in [5.41, 5.74) is 0.445. The second kappa shape index (κ2) is 8.82. The van der Waals surface area contributed by atoms with E-state index in [1.165, 1.54) is 11.1 Å².